The van der Waals surface area contributed by atoms with Crippen LogP contribution in [-0.4, -0.2) is 64.4 Å². The van der Waals surface area contributed by atoms with Gasteiger partial charge in [-0.05, 0) is 36.1 Å². The Labute approximate surface area is 240 Å². The van der Waals surface area contributed by atoms with Crippen LogP contribution in [0.1, 0.15) is 41.2 Å². The highest BCUT2D eigenvalue weighted by atomic mass is 32.1. The lowest BCUT2D eigenvalue weighted by molar-refractivity contribution is -0.148. The zero-order valence-electron chi connectivity index (χ0n) is 22.9. The third-order valence-corrected chi connectivity index (χ3v) is 9.52. The summed E-state index contributed by atoms with van der Waals surface area (Å²) < 4.78 is 44.9. The molecule has 41 heavy (non-hydrogen) atoms. The second-order valence-corrected chi connectivity index (χ2v) is 13.0. The molecule has 2 amide bonds. The number of hydrogen-bond donors (Lipinski definition) is 0. The normalized spacial score (nSPS) is 22.6. The van der Waals surface area contributed by atoms with Gasteiger partial charge in [0.1, 0.15) is 4.88 Å². The number of likely N-dealkylation sites (tertiary alicyclic amines) is 2. The standard InChI is InChI=1S/C30H31F3N4O3S/c1-28(2)10-23(28)26(38)37-16-29(17-37)15-36(27(39)25-11-34-18-41-25)12-21(29)13-40-14-22-4-3-5-24(35-22)19-6-8-20(9-7-19)30(31,32)33/h3-9,11,18,21,23H,10,12-17H2,1-2H3/t21-,23+/m0/s1. The van der Waals surface area contributed by atoms with E-state index in [4.69, 9.17) is 4.74 Å². The summed E-state index contributed by atoms with van der Waals surface area (Å²) in [6.07, 6.45) is -1.89. The molecule has 216 valence electrons. The number of pyridine rings is 1. The number of thiazole rings is 1. The van der Waals surface area contributed by atoms with Crippen molar-refractivity contribution in [1.82, 2.24) is 19.8 Å². The van der Waals surface area contributed by atoms with E-state index in [1.807, 2.05) is 15.9 Å². The maximum absolute atomic E-state index is 13.1. The fourth-order valence-corrected chi connectivity index (χ4v) is 6.68. The Morgan fingerprint density at radius 3 is 2.41 bits per heavy atom. The predicted octanol–water partition coefficient (Wildman–Crippen LogP) is 5.39. The SMILES string of the molecule is CC1(C)C[C@@H]1C(=O)N1CC2(CN(C(=O)c3cncs3)C[C@H]2COCc2cccc(-c3ccc(C(F)(F)F)cc3)n2)C1. The van der Waals surface area contributed by atoms with E-state index in [1.165, 1.54) is 23.5 Å². The molecule has 0 radical (unpaired) electrons. The number of rotatable bonds is 7. The van der Waals surface area contributed by atoms with Crippen LogP contribution in [0.15, 0.2) is 54.2 Å². The molecule has 1 aliphatic carbocycles. The van der Waals surface area contributed by atoms with Gasteiger partial charge in [-0.3, -0.25) is 19.6 Å². The summed E-state index contributed by atoms with van der Waals surface area (Å²) in [6.45, 7) is 7.18. The number of aromatic nitrogens is 2. The van der Waals surface area contributed by atoms with Gasteiger partial charge in [-0.25, -0.2) is 0 Å². The quantitative estimate of drug-likeness (QED) is 0.373. The largest absolute Gasteiger partial charge is 0.416 e. The van der Waals surface area contributed by atoms with E-state index in [2.05, 4.69) is 23.8 Å². The highest BCUT2D eigenvalue weighted by Crippen LogP contribution is 2.54. The van der Waals surface area contributed by atoms with Crippen LogP contribution < -0.4 is 0 Å². The van der Waals surface area contributed by atoms with Crippen LogP contribution in [0.3, 0.4) is 0 Å². The van der Waals surface area contributed by atoms with Crippen LogP contribution in [-0.2, 0) is 22.3 Å². The van der Waals surface area contributed by atoms with Crippen molar-refractivity contribution in [3.05, 3.63) is 70.3 Å². The van der Waals surface area contributed by atoms with E-state index in [9.17, 15) is 22.8 Å². The first-order valence-electron chi connectivity index (χ1n) is 13.6. The molecule has 0 unspecified atom stereocenters. The number of amides is 2. The molecule has 2 atom stereocenters. The van der Waals surface area contributed by atoms with Crippen LogP contribution in [0, 0.1) is 22.7 Å². The first-order chi connectivity index (χ1) is 19.5. The van der Waals surface area contributed by atoms with Gasteiger partial charge in [-0.1, -0.05) is 32.0 Å². The molecule has 2 saturated heterocycles. The summed E-state index contributed by atoms with van der Waals surface area (Å²) in [7, 11) is 0. The molecular formula is C30H31F3N4O3S. The number of ether oxygens (including phenoxy) is 1. The lowest BCUT2D eigenvalue weighted by Crippen LogP contribution is -2.63. The Hall–Kier alpha value is -3.31. The number of carbonyl (C=O) groups excluding carboxylic acids is 2. The average molecular weight is 585 g/mol. The van der Waals surface area contributed by atoms with Crippen LogP contribution in [0.2, 0.25) is 0 Å². The highest BCUT2D eigenvalue weighted by molar-refractivity contribution is 7.11. The van der Waals surface area contributed by atoms with Crippen LogP contribution >= 0.6 is 11.3 Å². The first kappa shape index (κ1) is 27.8. The van der Waals surface area contributed by atoms with E-state index < -0.39 is 11.7 Å². The van der Waals surface area contributed by atoms with E-state index in [1.54, 1.807) is 23.8 Å². The van der Waals surface area contributed by atoms with Gasteiger partial charge in [0.05, 0.1) is 41.9 Å². The molecule has 1 spiro atoms. The molecule has 0 bridgehead atoms. The number of alkyl halides is 3. The van der Waals surface area contributed by atoms with Gasteiger partial charge in [0, 0.05) is 49.0 Å². The van der Waals surface area contributed by atoms with Gasteiger partial charge in [-0.2, -0.15) is 13.2 Å². The van der Waals surface area contributed by atoms with Crippen molar-refractivity contribution in [2.75, 3.05) is 32.8 Å². The maximum atomic E-state index is 13.1. The molecule has 2 aliphatic heterocycles. The minimum absolute atomic E-state index is 0.0478. The fraction of sp³-hybridized carbons (Fsp3) is 0.467. The molecule has 1 saturated carbocycles. The number of benzene rings is 1. The van der Waals surface area contributed by atoms with Crippen LogP contribution in [0.4, 0.5) is 13.2 Å². The molecule has 3 fully saturated rings. The maximum Gasteiger partial charge on any atom is 0.416 e. The topological polar surface area (TPSA) is 75.6 Å². The fourth-order valence-electron chi connectivity index (χ4n) is 6.09. The second-order valence-electron chi connectivity index (χ2n) is 12.2. The predicted molar refractivity (Wildman–Crippen MR) is 147 cm³/mol. The molecule has 2 aromatic heterocycles. The molecule has 7 nitrogen and oxygen atoms in total. The van der Waals surface area contributed by atoms with Crippen LogP contribution in [0.25, 0.3) is 11.3 Å². The zero-order chi connectivity index (χ0) is 29.0. The van der Waals surface area contributed by atoms with E-state index in [0.29, 0.717) is 54.6 Å². The van der Waals surface area contributed by atoms with E-state index in [0.717, 1.165) is 18.6 Å². The van der Waals surface area contributed by atoms with Gasteiger partial charge in [0.25, 0.3) is 5.91 Å². The second kappa shape index (κ2) is 10.2. The summed E-state index contributed by atoms with van der Waals surface area (Å²) in [6, 6.07) is 10.3. The Morgan fingerprint density at radius 2 is 1.78 bits per heavy atom. The molecule has 0 N–H and O–H groups in total. The van der Waals surface area contributed by atoms with Gasteiger partial charge in [-0.15, -0.1) is 11.3 Å². The number of halogens is 3. The van der Waals surface area contributed by atoms with Crippen molar-refractivity contribution in [2.45, 2.75) is 33.1 Å². The summed E-state index contributed by atoms with van der Waals surface area (Å²) in [4.78, 5) is 39.2. The van der Waals surface area contributed by atoms with Crippen molar-refractivity contribution < 1.29 is 27.5 Å². The minimum Gasteiger partial charge on any atom is -0.375 e. The summed E-state index contributed by atoms with van der Waals surface area (Å²) in [5.41, 5.74) is 2.60. The van der Waals surface area contributed by atoms with Gasteiger partial charge < -0.3 is 14.5 Å². The summed E-state index contributed by atoms with van der Waals surface area (Å²) in [5, 5.41) is 0. The van der Waals surface area contributed by atoms with Crippen molar-refractivity contribution in [1.29, 1.82) is 0 Å². The number of nitrogens with zero attached hydrogens (tertiary/aromatic N) is 4. The Kier molecular flexibility index (Phi) is 6.93. The third-order valence-electron chi connectivity index (χ3n) is 8.76. The third kappa shape index (κ3) is 5.49. The summed E-state index contributed by atoms with van der Waals surface area (Å²) in [5.74, 6) is 0.285. The molecule has 4 heterocycles. The minimum atomic E-state index is -4.39. The Bertz CT molecular complexity index is 1440. The zero-order valence-corrected chi connectivity index (χ0v) is 23.7. The molecule has 11 heteroatoms. The smallest absolute Gasteiger partial charge is 0.375 e. The van der Waals surface area contributed by atoms with Crippen LogP contribution in [0.5, 0.6) is 0 Å². The molecule has 3 aromatic rings. The average Bonchev–Trinajstić information content (AvgIpc) is 3.29. The van der Waals surface area contributed by atoms with Gasteiger partial charge in [0.2, 0.25) is 5.91 Å². The van der Waals surface area contributed by atoms with Crippen molar-refractivity contribution in [2.24, 2.45) is 22.7 Å². The number of carbonyl (C=O) groups is 2. The molecular weight excluding hydrogens is 553 g/mol. The Morgan fingerprint density at radius 1 is 1.07 bits per heavy atom. The Balaban J connectivity index is 1.11. The monoisotopic (exact) mass is 584 g/mol. The number of hydrogen-bond acceptors (Lipinski definition) is 6. The van der Waals surface area contributed by atoms with Gasteiger partial charge in [0.15, 0.2) is 0 Å². The van der Waals surface area contributed by atoms with E-state index in [-0.39, 0.29) is 41.1 Å². The van der Waals surface area contributed by atoms with Crippen molar-refractivity contribution >= 4 is 23.2 Å². The first-order valence-corrected chi connectivity index (χ1v) is 14.5. The van der Waals surface area contributed by atoms with Crippen molar-refractivity contribution in [3.8, 4) is 11.3 Å². The van der Waals surface area contributed by atoms with E-state index >= 15 is 0 Å². The highest BCUT2D eigenvalue weighted by Gasteiger charge is 2.60. The lowest BCUT2D eigenvalue weighted by Gasteiger charge is -2.51. The van der Waals surface area contributed by atoms with Crippen molar-refractivity contribution in [3.63, 3.8) is 0 Å². The molecule has 3 aliphatic rings. The summed E-state index contributed by atoms with van der Waals surface area (Å²) >= 11 is 1.32. The van der Waals surface area contributed by atoms with Gasteiger partial charge >= 0.3 is 6.18 Å². The lowest BCUT2D eigenvalue weighted by atomic mass is 9.71. The molecule has 1 aromatic carbocycles. The molecule has 6 rings (SSSR count).